The average molecular weight is 245 g/mol. The second kappa shape index (κ2) is 6.48. The van der Waals surface area contributed by atoms with E-state index >= 15 is 0 Å². The van der Waals surface area contributed by atoms with Crippen molar-refractivity contribution in [3.63, 3.8) is 0 Å². The minimum Gasteiger partial charge on any atom is -0.508 e. The van der Waals surface area contributed by atoms with E-state index in [1.807, 2.05) is 24.3 Å². The van der Waals surface area contributed by atoms with E-state index in [1.54, 1.807) is 0 Å². The third-order valence-electron chi connectivity index (χ3n) is 3.56. The Kier molecular flexibility index (Phi) is 4.68. The van der Waals surface area contributed by atoms with Crippen molar-refractivity contribution < 1.29 is 5.11 Å². The first kappa shape index (κ1) is 13.0. The molecule has 2 heteroatoms. The van der Waals surface area contributed by atoms with Crippen molar-refractivity contribution in [2.24, 2.45) is 0 Å². The fraction of sp³-hybridized carbons (Fsp3) is 0.500. The van der Waals surface area contributed by atoms with Gasteiger partial charge in [-0.1, -0.05) is 44.7 Å². The quantitative estimate of drug-likeness (QED) is 0.752. The number of benzene rings is 1. The third-order valence-corrected chi connectivity index (χ3v) is 3.56. The molecule has 98 valence electrons. The van der Waals surface area contributed by atoms with Crippen molar-refractivity contribution in [3.05, 3.63) is 35.9 Å². The molecule has 0 atom stereocenters. The molecule has 0 unspecified atom stereocenters. The highest BCUT2D eigenvalue weighted by molar-refractivity contribution is 5.75. The maximum Gasteiger partial charge on any atom is 0.122 e. The van der Waals surface area contributed by atoms with Gasteiger partial charge in [-0.25, -0.2) is 0 Å². The Labute approximate surface area is 110 Å². The molecule has 18 heavy (non-hydrogen) atoms. The number of aliphatic hydroxyl groups is 1. The zero-order valence-electron chi connectivity index (χ0n) is 11.2. The van der Waals surface area contributed by atoms with E-state index in [2.05, 4.69) is 17.9 Å². The van der Waals surface area contributed by atoms with Crippen LogP contribution >= 0.6 is 0 Å². The smallest absolute Gasteiger partial charge is 0.122 e. The summed E-state index contributed by atoms with van der Waals surface area (Å²) in [4.78, 5) is 2.36. The lowest BCUT2D eigenvalue weighted by molar-refractivity contribution is 0.506. The molecule has 1 N–H and O–H groups in total. The van der Waals surface area contributed by atoms with Crippen LogP contribution in [0.15, 0.2) is 30.3 Å². The minimum atomic E-state index is 0.424. The molecule has 0 radical (unpaired) electrons. The summed E-state index contributed by atoms with van der Waals surface area (Å²) in [6, 6.07) is 8.12. The van der Waals surface area contributed by atoms with Crippen molar-refractivity contribution in [1.29, 1.82) is 0 Å². The summed E-state index contributed by atoms with van der Waals surface area (Å²) in [5.74, 6) is 0.424. The first-order valence-corrected chi connectivity index (χ1v) is 7.06. The first-order valence-electron chi connectivity index (χ1n) is 7.06. The molecule has 1 heterocycles. The Hall–Kier alpha value is -1.44. The number of rotatable bonds is 6. The molecule has 0 aromatic heterocycles. The van der Waals surface area contributed by atoms with Crippen LogP contribution in [-0.2, 0) is 0 Å². The molecule has 0 bridgehead atoms. The van der Waals surface area contributed by atoms with Gasteiger partial charge in [0, 0.05) is 24.3 Å². The van der Waals surface area contributed by atoms with E-state index in [9.17, 15) is 5.11 Å². The minimum absolute atomic E-state index is 0.424. The summed E-state index contributed by atoms with van der Waals surface area (Å²) >= 11 is 0. The Morgan fingerprint density at radius 2 is 1.89 bits per heavy atom. The highest BCUT2D eigenvalue weighted by atomic mass is 16.3. The topological polar surface area (TPSA) is 23.5 Å². The zero-order chi connectivity index (χ0) is 12.8. The molecule has 0 aliphatic carbocycles. The van der Waals surface area contributed by atoms with Gasteiger partial charge in [-0.2, -0.15) is 0 Å². The molecule has 0 saturated carbocycles. The van der Waals surface area contributed by atoms with Gasteiger partial charge in [0.25, 0.3) is 0 Å². The summed E-state index contributed by atoms with van der Waals surface area (Å²) in [6.45, 7) is 4.16. The summed E-state index contributed by atoms with van der Waals surface area (Å²) in [7, 11) is 0. The second-order valence-corrected chi connectivity index (χ2v) is 4.97. The zero-order valence-corrected chi connectivity index (χ0v) is 11.2. The van der Waals surface area contributed by atoms with Crippen LogP contribution in [-0.4, -0.2) is 18.2 Å². The van der Waals surface area contributed by atoms with E-state index in [-0.39, 0.29) is 0 Å². The average Bonchev–Trinajstić information content (AvgIpc) is 2.41. The highest BCUT2D eigenvalue weighted by Crippen LogP contribution is 2.29. The van der Waals surface area contributed by atoms with Crippen LogP contribution in [0, 0.1) is 0 Å². The van der Waals surface area contributed by atoms with Gasteiger partial charge in [-0.15, -0.1) is 0 Å². The number of fused-ring (bicyclic) bond motifs is 1. The molecule has 2 nitrogen and oxygen atoms in total. The standard InChI is InChI=1S/C16H23NO/c1-2-3-4-5-8-12-17-13-11-16(18)14-9-6-7-10-15(14)17/h6-7,9-11,18H,2-5,8,12-13H2,1H3. The lowest BCUT2D eigenvalue weighted by Gasteiger charge is -2.29. The van der Waals surface area contributed by atoms with Gasteiger partial charge in [0.15, 0.2) is 0 Å². The fourth-order valence-electron chi connectivity index (χ4n) is 2.49. The van der Waals surface area contributed by atoms with Crippen molar-refractivity contribution in [3.8, 4) is 0 Å². The van der Waals surface area contributed by atoms with Crippen molar-refractivity contribution in [2.45, 2.75) is 39.0 Å². The van der Waals surface area contributed by atoms with Crippen molar-refractivity contribution in [1.82, 2.24) is 0 Å². The Morgan fingerprint density at radius 3 is 2.72 bits per heavy atom. The third kappa shape index (κ3) is 3.06. The molecular weight excluding hydrogens is 222 g/mol. The van der Waals surface area contributed by atoms with Gasteiger partial charge in [-0.05, 0) is 24.6 Å². The lowest BCUT2D eigenvalue weighted by atomic mass is 10.1. The maximum atomic E-state index is 9.86. The predicted molar refractivity (Wildman–Crippen MR) is 78.0 cm³/mol. The van der Waals surface area contributed by atoms with Gasteiger partial charge in [0.2, 0.25) is 0 Å². The highest BCUT2D eigenvalue weighted by Gasteiger charge is 2.16. The van der Waals surface area contributed by atoms with E-state index in [4.69, 9.17) is 0 Å². The van der Waals surface area contributed by atoms with Gasteiger partial charge in [-0.3, -0.25) is 0 Å². The van der Waals surface area contributed by atoms with Crippen LogP contribution in [0.4, 0.5) is 5.69 Å². The van der Waals surface area contributed by atoms with Crippen LogP contribution < -0.4 is 4.90 Å². The van der Waals surface area contributed by atoms with Crippen LogP contribution in [0.1, 0.15) is 44.6 Å². The van der Waals surface area contributed by atoms with Crippen molar-refractivity contribution in [2.75, 3.05) is 18.0 Å². The molecule has 0 saturated heterocycles. The molecule has 0 amide bonds. The molecule has 2 rings (SSSR count). The van der Waals surface area contributed by atoms with Crippen LogP contribution in [0.3, 0.4) is 0 Å². The summed E-state index contributed by atoms with van der Waals surface area (Å²) in [5, 5.41) is 9.86. The molecule has 1 aromatic carbocycles. The van der Waals surface area contributed by atoms with Crippen molar-refractivity contribution >= 4 is 11.4 Å². The van der Waals surface area contributed by atoms with Crippen LogP contribution in [0.2, 0.25) is 0 Å². The van der Waals surface area contributed by atoms with Crippen LogP contribution in [0.5, 0.6) is 0 Å². The molecule has 1 aliphatic rings. The first-order chi connectivity index (χ1) is 8.83. The predicted octanol–water partition coefficient (Wildman–Crippen LogP) is 4.38. The second-order valence-electron chi connectivity index (χ2n) is 4.97. The summed E-state index contributed by atoms with van der Waals surface area (Å²) < 4.78 is 0. The van der Waals surface area contributed by atoms with Gasteiger partial charge >= 0.3 is 0 Å². The van der Waals surface area contributed by atoms with Gasteiger partial charge in [0.1, 0.15) is 5.76 Å². The molecule has 0 fully saturated rings. The number of hydrogen-bond donors (Lipinski definition) is 1. The Bertz CT molecular complexity index is 411. The molecule has 0 spiro atoms. The lowest BCUT2D eigenvalue weighted by Crippen LogP contribution is -2.28. The Morgan fingerprint density at radius 1 is 1.11 bits per heavy atom. The summed E-state index contributed by atoms with van der Waals surface area (Å²) in [6.07, 6.45) is 8.44. The number of aliphatic hydroxyl groups excluding tert-OH is 1. The number of anilines is 1. The van der Waals surface area contributed by atoms with E-state index in [0.29, 0.717) is 5.76 Å². The monoisotopic (exact) mass is 245 g/mol. The van der Waals surface area contributed by atoms with Gasteiger partial charge < -0.3 is 10.0 Å². The van der Waals surface area contributed by atoms with E-state index in [1.165, 1.54) is 37.8 Å². The molecule has 1 aromatic rings. The largest absolute Gasteiger partial charge is 0.508 e. The number of hydrogen-bond acceptors (Lipinski definition) is 2. The van der Waals surface area contributed by atoms with E-state index < -0.39 is 0 Å². The normalized spacial score (nSPS) is 14.3. The molecule has 1 aliphatic heterocycles. The van der Waals surface area contributed by atoms with E-state index in [0.717, 1.165) is 18.7 Å². The number of para-hydroxylation sites is 1. The summed E-state index contributed by atoms with van der Waals surface area (Å²) in [5.41, 5.74) is 2.14. The van der Waals surface area contributed by atoms with Crippen LogP contribution in [0.25, 0.3) is 5.76 Å². The Balaban J connectivity index is 1.91. The SMILES string of the molecule is CCCCCCCN1CC=C(O)c2ccccc21. The maximum absolute atomic E-state index is 9.86. The van der Waals surface area contributed by atoms with Gasteiger partial charge in [0.05, 0.1) is 0 Å². The number of unbranched alkanes of at least 4 members (excludes halogenated alkanes) is 4. The fourth-order valence-corrected chi connectivity index (χ4v) is 2.49. The number of nitrogens with zero attached hydrogens (tertiary/aromatic N) is 1. The molecular formula is C16H23NO.